The molecule has 1 aliphatic heterocycles. The molecule has 0 aliphatic carbocycles. The van der Waals surface area contributed by atoms with E-state index in [1.165, 1.54) is 24.3 Å². The van der Waals surface area contributed by atoms with Crippen LogP contribution in [0, 0.1) is 17.0 Å². The molecule has 1 fully saturated rings. The number of nitrogens with zero attached hydrogens (tertiary/aromatic N) is 3. The van der Waals surface area contributed by atoms with Gasteiger partial charge in [0, 0.05) is 46.4 Å². The van der Waals surface area contributed by atoms with Crippen molar-refractivity contribution in [3.05, 3.63) is 116 Å². The Balaban J connectivity index is 1.43. The standard InChI is InChI=1S/C28H21N3O5S/c1-18-23(22-9-5-6-10-24(22)29(18)16-19-7-3-2-4-8-19)15-26-27(33)30(28(34)37-26)17-25(32)20-11-13-21(14-12-20)31(35)36/h2-15H,16-17H2,1H3/b26-15-. The third-order valence-electron chi connectivity index (χ3n) is 6.31. The van der Waals surface area contributed by atoms with E-state index in [0.29, 0.717) is 6.54 Å². The third kappa shape index (κ3) is 4.68. The summed E-state index contributed by atoms with van der Waals surface area (Å²) in [7, 11) is 0. The van der Waals surface area contributed by atoms with E-state index in [9.17, 15) is 24.5 Å². The molecular formula is C28H21N3O5S. The summed E-state index contributed by atoms with van der Waals surface area (Å²) >= 11 is 0.798. The van der Waals surface area contributed by atoms with Gasteiger partial charge in [-0.25, -0.2) is 0 Å². The summed E-state index contributed by atoms with van der Waals surface area (Å²) in [6.45, 7) is 2.21. The summed E-state index contributed by atoms with van der Waals surface area (Å²) in [5.41, 5.74) is 4.00. The van der Waals surface area contributed by atoms with Gasteiger partial charge >= 0.3 is 0 Å². The smallest absolute Gasteiger partial charge is 0.293 e. The number of amides is 2. The highest BCUT2D eigenvalue weighted by molar-refractivity contribution is 8.18. The van der Waals surface area contributed by atoms with Crippen molar-refractivity contribution in [1.29, 1.82) is 0 Å². The number of thioether (sulfide) groups is 1. The molecule has 0 bridgehead atoms. The zero-order chi connectivity index (χ0) is 26.1. The molecule has 9 heteroatoms. The van der Waals surface area contributed by atoms with Crippen LogP contribution in [0.3, 0.4) is 0 Å². The molecule has 1 saturated heterocycles. The van der Waals surface area contributed by atoms with Crippen molar-refractivity contribution in [2.24, 2.45) is 0 Å². The van der Waals surface area contributed by atoms with Crippen LogP contribution in [-0.4, -0.2) is 37.9 Å². The SMILES string of the molecule is Cc1c(/C=C2\SC(=O)N(CC(=O)c3ccc([N+](=O)[O-])cc3)C2=O)c2ccccc2n1Cc1ccccc1. The number of para-hydroxylation sites is 1. The molecule has 37 heavy (non-hydrogen) atoms. The number of aromatic nitrogens is 1. The van der Waals surface area contributed by atoms with Gasteiger partial charge in [0.05, 0.1) is 16.4 Å². The van der Waals surface area contributed by atoms with E-state index in [1.807, 2.05) is 49.4 Å². The van der Waals surface area contributed by atoms with Crippen LogP contribution in [0.5, 0.6) is 0 Å². The van der Waals surface area contributed by atoms with Crippen molar-refractivity contribution in [2.45, 2.75) is 13.5 Å². The van der Waals surface area contributed by atoms with E-state index in [4.69, 9.17) is 0 Å². The maximum atomic E-state index is 13.1. The lowest BCUT2D eigenvalue weighted by Crippen LogP contribution is -2.33. The number of Topliss-reactive ketones (excluding diaryl/α,β-unsaturated/α-hetero) is 1. The Morgan fingerprint density at radius 1 is 0.973 bits per heavy atom. The maximum absolute atomic E-state index is 13.1. The molecule has 0 unspecified atom stereocenters. The first-order valence-corrected chi connectivity index (χ1v) is 12.3. The maximum Gasteiger partial charge on any atom is 0.293 e. The van der Waals surface area contributed by atoms with E-state index in [0.717, 1.165) is 44.4 Å². The predicted octanol–water partition coefficient (Wildman–Crippen LogP) is 5.83. The lowest BCUT2D eigenvalue weighted by atomic mass is 10.1. The van der Waals surface area contributed by atoms with Crippen LogP contribution < -0.4 is 0 Å². The first kappa shape index (κ1) is 24.2. The molecule has 0 spiro atoms. The third-order valence-corrected chi connectivity index (χ3v) is 7.22. The van der Waals surface area contributed by atoms with Gasteiger partial charge in [-0.2, -0.15) is 0 Å². The number of hydrogen-bond donors (Lipinski definition) is 0. The number of imide groups is 1. The number of fused-ring (bicyclic) bond motifs is 1. The van der Waals surface area contributed by atoms with Crippen molar-refractivity contribution in [2.75, 3.05) is 6.54 Å². The van der Waals surface area contributed by atoms with E-state index in [2.05, 4.69) is 16.7 Å². The van der Waals surface area contributed by atoms with Gasteiger partial charge in [-0.15, -0.1) is 0 Å². The largest absolute Gasteiger partial charge is 0.340 e. The Labute approximate surface area is 216 Å². The second kappa shape index (κ2) is 9.87. The van der Waals surface area contributed by atoms with Crippen LogP contribution >= 0.6 is 11.8 Å². The van der Waals surface area contributed by atoms with Crippen molar-refractivity contribution in [3.63, 3.8) is 0 Å². The van der Waals surface area contributed by atoms with Crippen LogP contribution in [0.15, 0.2) is 83.8 Å². The van der Waals surface area contributed by atoms with Crippen molar-refractivity contribution in [3.8, 4) is 0 Å². The molecule has 184 valence electrons. The summed E-state index contributed by atoms with van der Waals surface area (Å²) in [6, 6.07) is 23.0. The average molecular weight is 512 g/mol. The summed E-state index contributed by atoms with van der Waals surface area (Å²) in [5.74, 6) is -1.02. The first-order chi connectivity index (χ1) is 17.8. The van der Waals surface area contributed by atoms with Gasteiger partial charge in [0.1, 0.15) is 0 Å². The van der Waals surface area contributed by atoms with Gasteiger partial charge in [0.15, 0.2) is 5.78 Å². The van der Waals surface area contributed by atoms with Gasteiger partial charge in [0.2, 0.25) is 0 Å². The Kier molecular flexibility index (Phi) is 6.45. The lowest BCUT2D eigenvalue weighted by Gasteiger charge is -2.11. The molecule has 2 heterocycles. The molecule has 2 amide bonds. The van der Waals surface area contributed by atoms with E-state index >= 15 is 0 Å². The fraction of sp³-hybridized carbons (Fsp3) is 0.107. The summed E-state index contributed by atoms with van der Waals surface area (Å²) in [4.78, 5) is 50.0. The second-order valence-corrected chi connectivity index (χ2v) is 9.58. The Morgan fingerprint density at radius 3 is 2.35 bits per heavy atom. The minimum Gasteiger partial charge on any atom is -0.340 e. The monoisotopic (exact) mass is 511 g/mol. The van der Waals surface area contributed by atoms with E-state index in [1.54, 1.807) is 6.08 Å². The number of carbonyl (C=O) groups excluding carboxylic acids is 3. The second-order valence-electron chi connectivity index (χ2n) is 8.58. The van der Waals surface area contributed by atoms with Crippen LogP contribution in [0.2, 0.25) is 0 Å². The van der Waals surface area contributed by atoms with E-state index < -0.39 is 28.4 Å². The van der Waals surface area contributed by atoms with E-state index in [-0.39, 0.29) is 16.2 Å². The molecule has 1 aromatic heterocycles. The summed E-state index contributed by atoms with van der Waals surface area (Å²) in [5, 5.41) is 11.3. The number of nitro benzene ring substituents is 1. The number of non-ortho nitro benzene ring substituents is 1. The fourth-order valence-electron chi connectivity index (χ4n) is 4.38. The van der Waals surface area contributed by atoms with Crippen LogP contribution in [0.4, 0.5) is 10.5 Å². The Morgan fingerprint density at radius 2 is 1.65 bits per heavy atom. The van der Waals surface area contributed by atoms with Crippen LogP contribution in [-0.2, 0) is 11.3 Å². The van der Waals surface area contributed by atoms with Crippen molar-refractivity contribution < 1.29 is 19.3 Å². The fourth-order valence-corrected chi connectivity index (χ4v) is 5.20. The quantitative estimate of drug-likeness (QED) is 0.134. The predicted molar refractivity (Wildman–Crippen MR) is 142 cm³/mol. The summed E-state index contributed by atoms with van der Waals surface area (Å²) in [6.07, 6.45) is 1.72. The Bertz CT molecular complexity index is 1590. The van der Waals surface area contributed by atoms with Gasteiger partial charge in [-0.3, -0.25) is 29.4 Å². The molecule has 0 atom stereocenters. The van der Waals surface area contributed by atoms with Crippen LogP contribution in [0.25, 0.3) is 17.0 Å². The number of carbonyl (C=O) groups is 3. The average Bonchev–Trinajstić information content (AvgIpc) is 3.32. The topological polar surface area (TPSA) is 103 Å². The molecule has 0 radical (unpaired) electrons. The zero-order valence-electron chi connectivity index (χ0n) is 19.8. The van der Waals surface area contributed by atoms with Gasteiger partial charge < -0.3 is 4.57 Å². The highest BCUT2D eigenvalue weighted by Gasteiger charge is 2.36. The highest BCUT2D eigenvalue weighted by atomic mass is 32.2. The Hall–Kier alpha value is -4.50. The number of rotatable bonds is 7. The van der Waals surface area contributed by atoms with Crippen LogP contribution in [0.1, 0.15) is 27.2 Å². The molecule has 1 aliphatic rings. The van der Waals surface area contributed by atoms with Gasteiger partial charge in [-0.1, -0.05) is 48.5 Å². The number of ketones is 1. The molecule has 8 nitrogen and oxygen atoms in total. The normalized spacial score (nSPS) is 14.6. The highest BCUT2D eigenvalue weighted by Crippen LogP contribution is 2.36. The van der Waals surface area contributed by atoms with Gasteiger partial charge in [0.25, 0.3) is 16.8 Å². The minimum atomic E-state index is -0.561. The molecule has 0 N–H and O–H groups in total. The molecule has 4 aromatic rings. The molecule has 0 saturated carbocycles. The molecular weight excluding hydrogens is 490 g/mol. The number of nitro groups is 1. The first-order valence-electron chi connectivity index (χ1n) is 11.5. The van der Waals surface area contributed by atoms with Crippen molar-refractivity contribution >= 4 is 51.4 Å². The zero-order valence-corrected chi connectivity index (χ0v) is 20.6. The van der Waals surface area contributed by atoms with Gasteiger partial charge in [-0.05, 0) is 48.5 Å². The molecule has 3 aromatic carbocycles. The minimum absolute atomic E-state index is 0.146. The van der Waals surface area contributed by atoms with Crippen molar-refractivity contribution in [1.82, 2.24) is 9.47 Å². The number of benzene rings is 3. The molecule has 5 rings (SSSR count). The number of hydrogen-bond acceptors (Lipinski definition) is 6. The lowest BCUT2D eigenvalue weighted by molar-refractivity contribution is -0.384. The summed E-state index contributed by atoms with van der Waals surface area (Å²) < 4.78 is 2.18.